The average Bonchev–Trinajstić information content (AvgIpc) is 2.53. The minimum atomic E-state index is -3.58. The van der Waals surface area contributed by atoms with Crippen molar-refractivity contribution in [2.24, 2.45) is 0 Å². The summed E-state index contributed by atoms with van der Waals surface area (Å²) in [6.45, 7) is 2.78. The van der Waals surface area contributed by atoms with Gasteiger partial charge in [-0.15, -0.1) is 0 Å². The average molecular weight is 304 g/mol. The lowest BCUT2D eigenvalue weighted by molar-refractivity contribution is 0.594. The molecule has 2 rings (SSSR count). The molecule has 0 saturated carbocycles. The zero-order valence-corrected chi connectivity index (χ0v) is 13.1. The quantitative estimate of drug-likeness (QED) is 0.890. The smallest absolute Gasteiger partial charge is 0.266 e. The molecule has 0 heterocycles. The van der Waals surface area contributed by atoms with Crippen LogP contribution in [0.1, 0.15) is 13.3 Å². The predicted molar refractivity (Wildman–Crippen MR) is 87.3 cm³/mol. The largest absolute Gasteiger partial charge is 0.384 e. The first kappa shape index (κ1) is 15.4. The van der Waals surface area contributed by atoms with Crippen LogP contribution in [0.5, 0.6) is 0 Å². The summed E-state index contributed by atoms with van der Waals surface area (Å²) in [7, 11) is -2.01. The van der Waals surface area contributed by atoms with Crippen LogP contribution >= 0.6 is 0 Å². The number of para-hydroxylation sites is 2. The van der Waals surface area contributed by atoms with Crippen LogP contribution in [0.3, 0.4) is 0 Å². The number of nitrogens with zero attached hydrogens (tertiary/aromatic N) is 1. The van der Waals surface area contributed by atoms with Crippen molar-refractivity contribution in [2.45, 2.75) is 18.2 Å². The molecule has 21 heavy (non-hydrogen) atoms. The van der Waals surface area contributed by atoms with Crippen molar-refractivity contribution in [1.29, 1.82) is 0 Å². The van der Waals surface area contributed by atoms with Gasteiger partial charge < -0.3 is 5.32 Å². The molecule has 0 aliphatic rings. The molecule has 0 aromatic heterocycles. The molecule has 5 heteroatoms. The first-order chi connectivity index (χ1) is 10.1. The molecule has 0 atom stereocenters. The van der Waals surface area contributed by atoms with Gasteiger partial charge in [0.05, 0.1) is 11.4 Å². The van der Waals surface area contributed by atoms with E-state index in [0.29, 0.717) is 16.3 Å². The van der Waals surface area contributed by atoms with Crippen molar-refractivity contribution in [1.82, 2.24) is 0 Å². The molecule has 0 fully saturated rings. The Morgan fingerprint density at radius 3 is 2.29 bits per heavy atom. The summed E-state index contributed by atoms with van der Waals surface area (Å²) < 4.78 is 26.9. The number of sulfonamides is 1. The summed E-state index contributed by atoms with van der Waals surface area (Å²) in [5.41, 5.74) is 1.28. The van der Waals surface area contributed by atoms with E-state index in [9.17, 15) is 8.42 Å². The van der Waals surface area contributed by atoms with Gasteiger partial charge in [-0.25, -0.2) is 8.42 Å². The molecule has 2 aromatic rings. The van der Waals surface area contributed by atoms with Crippen LogP contribution in [-0.2, 0) is 10.0 Å². The molecule has 0 bridgehead atoms. The molecule has 0 aliphatic heterocycles. The van der Waals surface area contributed by atoms with Crippen molar-refractivity contribution in [3.8, 4) is 0 Å². The molecular weight excluding hydrogens is 284 g/mol. The highest BCUT2D eigenvalue weighted by Crippen LogP contribution is 2.27. The van der Waals surface area contributed by atoms with E-state index >= 15 is 0 Å². The highest BCUT2D eigenvalue weighted by atomic mass is 32.2. The number of rotatable bonds is 6. The fraction of sp³-hybridized carbons (Fsp3) is 0.250. The van der Waals surface area contributed by atoms with Crippen molar-refractivity contribution >= 4 is 21.4 Å². The van der Waals surface area contributed by atoms with Crippen LogP contribution < -0.4 is 9.62 Å². The molecule has 0 radical (unpaired) electrons. The Bertz CT molecular complexity index is 684. The highest BCUT2D eigenvalue weighted by molar-refractivity contribution is 7.93. The van der Waals surface area contributed by atoms with E-state index in [0.717, 1.165) is 13.0 Å². The molecule has 0 aliphatic carbocycles. The number of hydrogen-bond donors (Lipinski definition) is 1. The second-order valence-electron chi connectivity index (χ2n) is 4.73. The maximum absolute atomic E-state index is 12.8. The molecular formula is C16H20N2O2S. The molecule has 0 saturated heterocycles. The lowest BCUT2D eigenvalue weighted by atomic mass is 10.3. The Kier molecular flexibility index (Phi) is 4.85. The van der Waals surface area contributed by atoms with E-state index in [4.69, 9.17) is 0 Å². The van der Waals surface area contributed by atoms with Gasteiger partial charge in [0, 0.05) is 13.6 Å². The van der Waals surface area contributed by atoms with Crippen LogP contribution in [0.2, 0.25) is 0 Å². The zero-order chi connectivity index (χ0) is 15.3. The monoisotopic (exact) mass is 304 g/mol. The number of hydrogen-bond acceptors (Lipinski definition) is 3. The maximum Gasteiger partial charge on any atom is 0.266 e. The minimum absolute atomic E-state index is 0.296. The van der Waals surface area contributed by atoms with Crippen molar-refractivity contribution in [2.75, 3.05) is 23.2 Å². The van der Waals surface area contributed by atoms with Gasteiger partial charge in [-0.05, 0) is 30.7 Å². The first-order valence-electron chi connectivity index (χ1n) is 6.94. The summed E-state index contributed by atoms with van der Waals surface area (Å²) in [6.07, 6.45) is 0.933. The number of anilines is 2. The summed E-state index contributed by atoms with van der Waals surface area (Å²) in [5.74, 6) is 0. The third-order valence-corrected chi connectivity index (χ3v) is 5.05. The van der Waals surface area contributed by atoms with Gasteiger partial charge in [-0.2, -0.15) is 0 Å². The Labute approximate surface area is 126 Å². The minimum Gasteiger partial charge on any atom is -0.384 e. The van der Waals surface area contributed by atoms with E-state index in [1.165, 1.54) is 4.31 Å². The SMILES string of the molecule is CCCNc1ccccc1S(=O)(=O)N(C)c1ccccc1. The summed E-state index contributed by atoms with van der Waals surface area (Å²) >= 11 is 0. The summed E-state index contributed by atoms with van der Waals surface area (Å²) in [5, 5.41) is 3.17. The third-order valence-electron chi connectivity index (χ3n) is 3.21. The highest BCUT2D eigenvalue weighted by Gasteiger charge is 2.23. The van der Waals surface area contributed by atoms with Gasteiger partial charge in [-0.1, -0.05) is 37.3 Å². The second kappa shape index (κ2) is 6.63. The normalized spacial score (nSPS) is 11.1. The second-order valence-corrected chi connectivity index (χ2v) is 6.67. The van der Waals surface area contributed by atoms with Gasteiger partial charge in [0.15, 0.2) is 0 Å². The van der Waals surface area contributed by atoms with Gasteiger partial charge in [0.2, 0.25) is 0 Å². The summed E-state index contributed by atoms with van der Waals surface area (Å²) in [4.78, 5) is 0.296. The van der Waals surface area contributed by atoms with E-state index in [1.54, 1.807) is 37.4 Å². The topological polar surface area (TPSA) is 49.4 Å². The van der Waals surface area contributed by atoms with Gasteiger partial charge in [0.25, 0.3) is 10.0 Å². The number of benzene rings is 2. The van der Waals surface area contributed by atoms with E-state index in [-0.39, 0.29) is 0 Å². The molecule has 1 N–H and O–H groups in total. The van der Waals surface area contributed by atoms with Crippen LogP contribution in [0, 0.1) is 0 Å². The van der Waals surface area contributed by atoms with E-state index in [1.807, 2.05) is 31.2 Å². The van der Waals surface area contributed by atoms with Crippen LogP contribution in [-0.4, -0.2) is 22.0 Å². The molecule has 2 aromatic carbocycles. The number of nitrogens with one attached hydrogen (secondary N) is 1. The fourth-order valence-electron chi connectivity index (χ4n) is 2.02. The molecule has 0 amide bonds. The predicted octanol–water partition coefficient (Wildman–Crippen LogP) is 3.33. The zero-order valence-electron chi connectivity index (χ0n) is 12.3. The maximum atomic E-state index is 12.8. The lowest BCUT2D eigenvalue weighted by Crippen LogP contribution is -2.27. The van der Waals surface area contributed by atoms with Gasteiger partial charge >= 0.3 is 0 Å². The van der Waals surface area contributed by atoms with Crippen LogP contribution in [0.15, 0.2) is 59.5 Å². The molecule has 0 spiro atoms. The van der Waals surface area contributed by atoms with Crippen LogP contribution in [0.4, 0.5) is 11.4 Å². The lowest BCUT2D eigenvalue weighted by Gasteiger charge is -2.21. The van der Waals surface area contributed by atoms with Gasteiger partial charge in [0.1, 0.15) is 4.90 Å². The van der Waals surface area contributed by atoms with Crippen molar-refractivity contribution < 1.29 is 8.42 Å². The van der Waals surface area contributed by atoms with E-state index < -0.39 is 10.0 Å². The first-order valence-corrected chi connectivity index (χ1v) is 8.38. The van der Waals surface area contributed by atoms with Crippen molar-refractivity contribution in [3.63, 3.8) is 0 Å². The standard InChI is InChI=1S/C16H20N2O2S/c1-3-13-17-15-11-7-8-12-16(15)21(19,20)18(2)14-9-5-4-6-10-14/h4-12,17H,3,13H2,1-2H3. The Morgan fingerprint density at radius 2 is 1.62 bits per heavy atom. The molecule has 112 valence electrons. The fourth-order valence-corrected chi connectivity index (χ4v) is 3.38. The van der Waals surface area contributed by atoms with Crippen molar-refractivity contribution in [3.05, 3.63) is 54.6 Å². The Morgan fingerprint density at radius 1 is 1.00 bits per heavy atom. The summed E-state index contributed by atoms with van der Waals surface area (Å²) in [6, 6.07) is 16.1. The van der Waals surface area contributed by atoms with Crippen LogP contribution in [0.25, 0.3) is 0 Å². The van der Waals surface area contributed by atoms with Gasteiger partial charge in [-0.3, -0.25) is 4.31 Å². The van der Waals surface area contributed by atoms with E-state index in [2.05, 4.69) is 5.32 Å². The molecule has 0 unspecified atom stereocenters. The Hall–Kier alpha value is -2.01. The molecule has 4 nitrogen and oxygen atoms in total. The third kappa shape index (κ3) is 3.36. The Balaban J connectivity index is 2.40.